The molecule has 1 atom stereocenters. The first-order valence-corrected chi connectivity index (χ1v) is 12.0. The molecule has 7 nitrogen and oxygen atoms in total. The standard InChI is InChI=1S/C23H30N4O3S/c1-5-15-9-7-8-12-27(15)19(28)14-31-23-24-20-17-13-16(30-4)10-11-18(17)25(3)21(20)22(29)26(23)6-2/h10-11,13,15H,5-9,12,14H2,1-4H3/t15-/m1/s1. The summed E-state index contributed by atoms with van der Waals surface area (Å²) in [6.07, 6.45) is 4.31. The van der Waals surface area contributed by atoms with Crippen LogP contribution in [-0.2, 0) is 18.4 Å². The van der Waals surface area contributed by atoms with E-state index in [0.29, 0.717) is 34.5 Å². The third-order valence-corrected chi connectivity index (χ3v) is 7.29. The topological polar surface area (TPSA) is 69.4 Å². The average molecular weight is 443 g/mol. The van der Waals surface area contributed by atoms with Crippen molar-refractivity contribution < 1.29 is 9.53 Å². The predicted molar refractivity (Wildman–Crippen MR) is 125 cm³/mol. The van der Waals surface area contributed by atoms with Crippen molar-refractivity contribution in [1.82, 2.24) is 19.0 Å². The van der Waals surface area contributed by atoms with Crippen LogP contribution in [0.5, 0.6) is 5.75 Å². The number of amides is 1. The van der Waals surface area contributed by atoms with Gasteiger partial charge in [-0.25, -0.2) is 4.98 Å². The molecule has 3 aromatic rings. The number of piperidine rings is 1. The Labute approximate surface area is 186 Å². The first kappa shape index (κ1) is 21.7. The molecule has 0 radical (unpaired) electrons. The number of carbonyl (C=O) groups excluding carboxylic acids is 1. The molecule has 8 heteroatoms. The maximum absolute atomic E-state index is 13.3. The predicted octanol–water partition coefficient (Wildman–Crippen LogP) is 3.80. The Morgan fingerprint density at radius 1 is 1.29 bits per heavy atom. The van der Waals surface area contributed by atoms with Crippen LogP contribution in [0.1, 0.15) is 39.5 Å². The summed E-state index contributed by atoms with van der Waals surface area (Å²) in [5.74, 6) is 1.15. The Morgan fingerprint density at radius 3 is 2.81 bits per heavy atom. The highest BCUT2D eigenvalue weighted by atomic mass is 32.2. The number of hydrogen-bond acceptors (Lipinski definition) is 5. The van der Waals surface area contributed by atoms with E-state index in [0.717, 1.165) is 42.5 Å². The molecule has 1 saturated heterocycles. The molecule has 0 unspecified atom stereocenters. The number of ether oxygens (including phenoxy) is 1. The van der Waals surface area contributed by atoms with Crippen molar-refractivity contribution in [2.24, 2.45) is 7.05 Å². The van der Waals surface area contributed by atoms with Gasteiger partial charge in [-0.3, -0.25) is 14.2 Å². The van der Waals surface area contributed by atoms with Crippen molar-refractivity contribution in [2.75, 3.05) is 19.4 Å². The van der Waals surface area contributed by atoms with Gasteiger partial charge in [0.1, 0.15) is 16.8 Å². The number of methoxy groups -OCH3 is 1. The van der Waals surface area contributed by atoms with Gasteiger partial charge in [0.05, 0.1) is 18.4 Å². The molecule has 3 heterocycles. The number of benzene rings is 1. The fraction of sp³-hybridized carbons (Fsp3) is 0.522. The minimum atomic E-state index is -0.0791. The average Bonchev–Trinajstić information content (AvgIpc) is 3.08. The first-order valence-electron chi connectivity index (χ1n) is 11.0. The Kier molecular flexibility index (Phi) is 6.27. The fourth-order valence-corrected chi connectivity index (χ4v) is 5.55. The van der Waals surface area contributed by atoms with E-state index in [1.807, 2.05) is 41.6 Å². The molecule has 2 aromatic heterocycles. The number of fused-ring (bicyclic) bond motifs is 3. The molecule has 166 valence electrons. The quantitative estimate of drug-likeness (QED) is 0.429. The third-order valence-electron chi connectivity index (χ3n) is 6.33. The zero-order chi connectivity index (χ0) is 22.1. The fourth-order valence-electron chi connectivity index (χ4n) is 4.61. The zero-order valence-corrected chi connectivity index (χ0v) is 19.5. The summed E-state index contributed by atoms with van der Waals surface area (Å²) < 4.78 is 8.94. The van der Waals surface area contributed by atoms with Crippen molar-refractivity contribution in [2.45, 2.75) is 57.3 Å². The van der Waals surface area contributed by atoms with Gasteiger partial charge in [-0.2, -0.15) is 0 Å². The van der Waals surface area contributed by atoms with E-state index >= 15 is 0 Å². The smallest absolute Gasteiger partial charge is 0.278 e. The minimum absolute atomic E-state index is 0.0791. The van der Waals surface area contributed by atoms with Gasteiger partial charge in [0.15, 0.2) is 5.16 Å². The van der Waals surface area contributed by atoms with Gasteiger partial charge in [-0.15, -0.1) is 0 Å². The van der Waals surface area contributed by atoms with E-state index in [-0.39, 0.29) is 11.5 Å². The van der Waals surface area contributed by atoms with Gasteiger partial charge in [-0.1, -0.05) is 18.7 Å². The molecule has 0 aliphatic carbocycles. The second-order valence-corrected chi connectivity index (χ2v) is 8.96. The number of rotatable bonds is 6. The highest BCUT2D eigenvalue weighted by molar-refractivity contribution is 7.99. The summed E-state index contributed by atoms with van der Waals surface area (Å²) >= 11 is 1.36. The van der Waals surface area contributed by atoms with Crippen LogP contribution in [0.25, 0.3) is 21.9 Å². The lowest BCUT2D eigenvalue weighted by Crippen LogP contribution is -2.44. The van der Waals surface area contributed by atoms with Crippen LogP contribution in [0.4, 0.5) is 0 Å². The number of aryl methyl sites for hydroxylation is 1. The van der Waals surface area contributed by atoms with E-state index < -0.39 is 0 Å². The lowest BCUT2D eigenvalue weighted by atomic mass is 10.0. The van der Waals surface area contributed by atoms with Crippen LogP contribution in [0.2, 0.25) is 0 Å². The summed E-state index contributed by atoms with van der Waals surface area (Å²) in [4.78, 5) is 33.2. The first-order chi connectivity index (χ1) is 15.0. The number of hydrogen-bond donors (Lipinski definition) is 0. The molecule has 1 aromatic carbocycles. The van der Waals surface area contributed by atoms with Gasteiger partial charge >= 0.3 is 0 Å². The second-order valence-electron chi connectivity index (χ2n) is 8.02. The number of aromatic nitrogens is 3. The monoisotopic (exact) mass is 442 g/mol. The Hall–Kier alpha value is -2.48. The molecule has 0 N–H and O–H groups in total. The molecule has 1 aliphatic heterocycles. The second kappa shape index (κ2) is 8.94. The van der Waals surface area contributed by atoms with E-state index in [4.69, 9.17) is 9.72 Å². The molecule has 1 fully saturated rings. The van der Waals surface area contributed by atoms with Crippen molar-refractivity contribution in [1.29, 1.82) is 0 Å². The minimum Gasteiger partial charge on any atom is -0.497 e. The number of carbonyl (C=O) groups is 1. The Morgan fingerprint density at radius 2 is 2.10 bits per heavy atom. The zero-order valence-electron chi connectivity index (χ0n) is 18.7. The molecule has 0 saturated carbocycles. The van der Waals surface area contributed by atoms with E-state index in [9.17, 15) is 9.59 Å². The lowest BCUT2D eigenvalue weighted by Gasteiger charge is -2.35. The summed E-state index contributed by atoms with van der Waals surface area (Å²) in [5, 5.41) is 1.47. The summed E-state index contributed by atoms with van der Waals surface area (Å²) in [7, 11) is 3.51. The maximum Gasteiger partial charge on any atom is 0.278 e. The van der Waals surface area contributed by atoms with Gasteiger partial charge < -0.3 is 14.2 Å². The van der Waals surface area contributed by atoms with Crippen molar-refractivity contribution >= 4 is 39.6 Å². The van der Waals surface area contributed by atoms with Gasteiger partial charge in [-0.05, 0) is 50.8 Å². The van der Waals surface area contributed by atoms with Gasteiger partial charge in [0.2, 0.25) is 5.91 Å². The van der Waals surface area contributed by atoms with E-state index in [2.05, 4.69) is 6.92 Å². The van der Waals surface area contributed by atoms with Crippen LogP contribution in [-0.4, -0.2) is 50.4 Å². The molecular weight excluding hydrogens is 412 g/mol. The summed E-state index contributed by atoms with van der Waals surface area (Å²) in [5.41, 5.74) is 2.08. The summed E-state index contributed by atoms with van der Waals surface area (Å²) in [6, 6.07) is 6.08. The lowest BCUT2D eigenvalue weighted by molar-refractivity contribution is -0.132. The van der Waals surface area contributed by atoms with E-state index in [1.54, 1.807) is 11.7 Å². The molecule has 0 spiro atoms. The van der Waals surface area contributed by atoms with Gasteiger partial charge in [0.25, 0.3) is 5.56 Å². The number of likely N-dealkylation sites (tertiary alicyclic amines) is 1. The van der Waals surface area contributed by atoms with Gasteiger partial charge in [0, 0.05) is 31.6 Å². The van der Waals surface area contributed by atoms with E-state index in [1.165, 1.54) is 18.2 Å². The Bertz CT molecular complexity index is 1180. The van der Waals surface area contributed by atoms with Crippen LogP contribution in [0.15, 0.2) is 28.2 Å². The third kappa shape index (κ3) is 3.82. The van der Waals surface area contributed by atoms with Crippen LogP contribution in [0.3, 0.4) is 0 Å². The molecule has 4 rings (SSSR count). The molecular formula is C23H30N4O3S. The van der Waals surface area contributed by atoms with Crippen molar-refractivity contribution in [3.05, 3.63) is 28.6 Å². The van der Waals surface area contributed by atoms with Crippen LogP contribution in [0, 0.1) is 0 Å². The highest BCUT2D eigenvalue weighted by Crippen LogP contribution is 2.30. The Balaban J connectivity index is 1.72. The number of nitrogens with zero attached hydrogens (tertiary/aromatic N) is 4. The molecule has 1 aliphatic rings. The highest BCUT2D eigenvalue weighted by Gasteiger charge is 2.26. The maximum atomic E-state index is 13.3. The molecule has 1 amide bonds. The van der Waals surface area contributed by atoms with Crippen molar-refractivity contribution in [3.8, 4) is 5.75 Å². The normalized spacial score (nSPS) is 16.9. The van der Waals surface area contributed by atoms with Crippen LogP contribution < -0.4 is 10.3 Å². The van der Waals surface area contributed by atoms with Crippen LogP contribution >= 0.6 is 11.8 Å². The van der Waals surface area contributed by atoms with Crippen molar-refractivity contribution in [3.63, 3.8) is 0 Å². The molecule has 0 bridgehead atoms. The number of thioether (sulfide) groups is 1. The molecule has 31 heavy (non-hydrogen) atoms. The summed E-state index contributed by atoms with van der Waals surface area (Å²) in [6.45, 7) is 5.41. The largest absolute Gasteiger partial charge is 0.497 e. The SMILES string of the molecule is CC[C@@H]1CCCCN1C(=O)CSc1nc2c3cc(OC)ccc3n(C)c2c(=O)n1CC.